The average molecular weight is 311 g/mol. The number of thioether (sulfide) groups is 2. The Labute approximate surface area is 124 Å². The molecule has 0 saturated carbocycles. The molecule has 2 saturated heterocycles. The van der Waals surface area contributed by atoms with Crippen LogP contribution < -0.4 is 10.6 Å². The largest absolute Gasteiger partial charge is 0.355 e. The van der Waals surface area contributed by atoms with Crippen LogP contribution in [0.1, 0.15) is 19.3 Å². The lowest BCUT2D eigenvalue weighted by atomic mass is 10.0. The van der Waals surface area contributed by atoms with Crippen molar-refractivity contribution in [2.45, 2.75) is 24.5 Å². The van der Waals surface area contributed by atoms with Gasteiger partial charge in [-0.25, -0.2) is 0 Å². The summed E-state index contributed by atoms with van der Waals surface area (Å²) in [4.78, 5) is 11.7. The Balaban J connectivity index is 0.00000162. The molecule has 2 aliphatic rings. The van der Waals surface area contributed by atoms with Crippen molar-refractivity contribution in [3.63, 3.8) is 0 Å². The molecule has 2 unspecified atom stereocenters. The van der Waals surface area contributed by atoms with Crippen LogP contribution in [0.3, 0.4) is 0 Å². The van der Waals surface area contributed by atoms with Gasteiger partial charge in [0.25, 0.3) is 0 Å². The SMILES string of the molecule is Cl.O=C(CCC1CCNC1)NCC1CSCCS1. The molecule has 2 rings (SSSR count). The van der Waals surface area contributed by atoms with Crippen molar-refractivity contribution in [1.82, 2.24) is 10.6 Å². The first-order valence-corrected chi connectivity index (χ1v) is 8.71. The predicted molar refractivity (Wildman–Crippen MR) is 84.0 cm³/mol. The summed E-state index contributed by atoms with van der Waals surface area (Å²) in [5.41, 5.74) is 0. The number of hydrogen-bond acceptors (Lipinski definition) is 4. The van der Waals surface area contributed by atoms with Gasteiger partial charge in [0.15, 0.2) is 0 Å². The Kier molecular flexibility index (Phi) is 8.55. The Morgan fingerprint density at radius 3 is 2.94 bits per heavy atom. The third kappa shape index (κ3) is 6.04. The molecule has 106 valence electrons. The maximum atomic E-state index is 11.7. The maximum absolute atomic E-state index is 11.7. The zero-order valence-corrected chi connectivity index (χ0v) is 13.1. The topological polar surface area (TPSA) is 41.1 Å². The summed E-state index contributed by atoms with van der Waals surface area (Å²) in [5.74, 6) is 4.66. The molecule has 0 spiro atoms. The van der Waals surface area contributed by atoms with E-state index in [2.05, 4.69) is 10.6 Å². The summed E-state index contributed by atoms with van der Waals surface area (Å²) in [6.45, 7) is 3.09. The van der Waals surface area contributed by atoms with E-state index in [9.17, 15) is 4.79 Å². The van der Waals surface area contributed by atoms with Crippen LogP contribution in [-0.2, 0) is 4.79 Å². The molecule has 0 aliphatic carbocycles. The first-order chi connectivity index (χ1) is 8.34. The Morgan fingerprint density at radius 1 is 1.39 bits per heavy atom. The Bertz CT molecular complexity index is 244. The molecular formula is C12H23ClN2OS2. The molecule has 2 heterocycles. The van der Waals surface area contributed by atoms with E-state index in [4.69, 9.17) is 0 Å². The molecule has 3 nitrogen and oxygen atoms in total. The summed E-state index contributed by atoms with van der Waals surface area (Å²) in [6.07, 6.45) is 2.99. The lowest BCUT2D eigenvalue weighted by Crippen LogP contribution is -2.33. The van der Waals surface area contributed by atoms with Crippen LogP contribution in [0.25, 0.3) is 0 Å². The van der Waals surface area contributed by atoms with Gasteiger partial charge in [-0.3, -0.25) is 4.79 Å². The van der Waals surface area contributed by atoms with Gasteiger partial charge >= 0.3 is 0 Å². The van der Waals surface area contributed by atoms with Crippen molar-refractivity contribution < 1.29 is 4.79 Å². The summed E-state index contributed by atoms with van der Waals surface area (Å²) < 4.78 is 0. The molecule has 6 heteroatoms. The van der Waals surface area contributed by atoms with Gasteiger partial charge in [0.2, 0.25) is 5.91 Å². The molecule has 0 aromatic carbocycles. The minimum absolute atomic E-state index is 0. The molecule has 0 bridgehead atoms. The minimum Gasteiger partial charge on any atom is -0.355 e. The fourth-order valence-corrected chi connectivity index (χ4v) is 4.88. The monoisotopic (exact) mass is 310 g/mol. The van der Waals surface area contributed by atoms with Gasteiger partial charge in [-0.2, -0.15) is 23.5 Å². The average Bonchev–Trinajstić information content (AvgIpc) is 2.88. The lowest BCUT2D eigenvalue weighted by molar-refractivity contribution is -0.121. The van der Waals surface area contributed by atoms with Crippen LogP contribution in [0.2, 0.25) is 0 Å². The summed E-state index contributed by atoms with van der Waals surface area (Å²) >= 11 is 4.01. The summed E-state index contributed by atoms with van der Waals surface area (Å²) in [6, 6.07) is 0. The van der Waals surface area contributed by atoms with Gasteiger partial charge in [-0.15, -0.1) is 12.4 Å². The van der Waals surface area contributed by atoms with Crippen LogP contribution in [-0.4, -0.2) is 48.0 Å². The van der Waals surface area contributed by atoms with Crippen LogP contribution in [0.4, 0.5) is 0 Å². The van der Waals surface area contributed by atoms with E-state index >= 15 is 0 Å². The van der Waals surface area contributed by atoms with E-state index in [0.29, 0.717) is 11.7 Å². The van der Waals surface area contributed by atoms with E-state index in [-0.39, 0.29) is 18.3 Å². The summed E-state index contributed by atoms with van der Waals surface area (Å²) in [7, 11) is 0. The number of amides is 1. The van der Waals surface area contributed by atoms with Crippen molar-refractivity contribution in [2.75, 3.05) is 36.9 Å². The predicted octanol–water partition coefficient (Wildman–Crippen LogP) is 1.76. The molecule has 18 heavy (non-hydrogen) atoms. The number of halogens is 1. The quantitative estimate of drug-likeness (QED) is 0.812. The molecule has 1 amide bonds. The van der Waals surface area contributed by atoms with Crippen molar-refractivity contribution in [3.05, 3.63) is 0 Å². The van der Waals surface area contributed by atoms with E-state index in [1.54, 1.807) is 0 Å². The van der Waals surface area contributed by atoms with Crippen molar-refractivity contribution >= 4 is 41.8 Å². The standard InChI is InChI=1S/C12H22N2OS2.ClH/c15-12(2-1-10-3-4-13-7-10)14-8-11-9-16-5-6-17-11;/h10-11,13H,1-9H2,(H,14,15);1H. The smallest absolute Gasteiger partial charge is 0.220 e. The number of nitrogens with one attached hydrogen (secondary N) is 2. The highest BCUT2D eigenvalue weighted by Crippen LogP contribution is 2.23. The number of carbonyl (C=O) groups excluding carboxylic acids is 1. The van der Waals surface area contributed by atoms with Crippen LogP contribution in [0.5, 0.6) is 0 Å². The van der Waals surface area contributed by atoms with Crippen molar-refractivity contribution in [2.24, 2.45) is 5.92 Å². The summed E-state index contributed by atoms with van der Waals surface area (Å²) in [5, 5.41) is 7.06. The zero-order valence-electron chi connectivity index (χ0n) is 10.7. The van der Waals surface area contributed by atoms with Crippen molar-refractivity contribution in [1.29, 1.82) is 0 Å². The van der Waals surface area contributed by atoms with Gasteiger partial charge in [0.1, 0.15) is 0 Å². The highest BCUT2D eigenvalue weighted by atomic mass is 35.5. The third-order valence-electron chi connectivity index (χ3n) is 3.35. The second-order valence-corrected chi connectivity index (χ2v) is 7.33. The first-order valence-electron chi connectivity index (χ1n) is 6.51. The third-order valence-corrected chi connectivity index (χ3v) is 6.20. The molecular weight excluding hydrogens is 288 g/mol. The second-order valence-electron chi connectivity index (χ2n) is 4.77. The number of hydrogen-bond donors (Lipinski definition) is 2. The fourth-order valence-electron chi connectivity index (χ4n) is 2.27. The number of carbonyl (C=O) groups is 1. The highest BCUT2D eigenvalue weighted by molar-refractivity contribution is 8.06. The normalized spacial score (nSPS) is 27.6. The maximum Gasteiger partial charge on any atom is 0.220 e. The van der Waals surface area contributed by atoms with E-state index < -0.39 is 0 Å². The lowest BCUT2D eigenvalue weighted by Gasteiger charge is -2.21. The fraction of sp³-hybridized carbons (Fsp3) is 0.917. The van der Waals surface area contributed by atoms with E-state index in [1.165, 1.54) is 23.7 Å². The van der Waals surface area contributed by atoms with Gasteiger partial charge < -0.3 is 10.6 Å². The van der Waals surface area contributed by atoms with Gasteiger partial charge in [0, 0.05) is 35.5 Å². The highest BCUT2D eigenvalue weighted by Gasteiger charge is 2.17. The van der Waals surface area contributed by atoms with Gasteiger partial charge in [0.05, 0.1) is 0 Å². The minimum atomic E-state index is 0. The molecule has 2 N–H and O–H groups in total. The van der Waals surface area contributed by atoms with Crippen LogP contribution in [0, 0.1) is 5.92 Å². The van der Waals surface area contributed by atoms with Gasteiger partial charge in [-0.05, 0) is 31.8 Å². The second kappa shape index (κ2) is 9.34. The Hall–Kier alpha value is 0.420. The van der Waals surface area contributed by atoms with Crippen molar-refractivity contribution in [3.8, 4) is 0 Å². The number of rotatable bonds is 5. The molecule has 2 aliphatic heterocycles. The zero-order chi connectivity index (χ0) is 11.9. The van der Waals surface area contributed by atoms with Crippen LogP contribution >= 0.6 is 35.9 Å². The van der Waals surface area contributed by atoms with E-state index in [1.807, 2.05) is 23.5 Å². The van der Waals surface area contributed by atoms with E-state index in [0.717, 1.165) is 32.0 Å². The Morgan fingerprint density at radius 2 is 2.28 bits per heavy atom. The molecule has 0 radical (unpaired) electrons. The first kappa shape index (κ1) is 16.5. The molecule has 0 aromatic rings. The molecule has 0 aromatic heterocycles. The van der Waals surface area contributed by atoms with Crippen LogP contribution in [0.15, 0.2) is 0 Å². The molecule has 2 fully saturated rings. The van der Waals surface area contributed by atoms with Gasteiger partial charge in [-0.1, -0.05) is 0 Å². The molecule has 2 atom stereocenters.